The van der Waals surface area contributed by atoms with Crippen LogP contribution < -0.4 is 4.72 Å². The minimum Gasteiger partial charge on any atom is -0.276 e. The van der Waals surface area contributed by atoms with Crippen LogP contribution in [0.3, 0.4) is 0 Å². The van der Waals surface area contributed by atoms with Crippen LogP contribution in [-0.2, 0) is 24.3 Å². The lowest BCUT2D eigenvalue weighted by Crippen LogP contribution is -2.29. The van der Waals surface area contributed by atoms with Gasteiger partial charge in [0, 0.05) is 5.69 Å². The first-order chi connectivity index (χ1) is 14.0. The average Bonchev–Trinajstić information content (AvgIpc) is 2.65. The van der Waals surface area contributed by atoms with E-state index in [4.69, 9.17) is 4.18 Å². The number of hydrogen-bond donors (Lipinski definition) is 1. The Bertz CT molecular complexity index is 823. The van der Waals surface area contributed by atoms with Gasteiger partial charge in [-0.15, -0.1) is 0 Å². The minimum absolute atomic E-state index is 0.0152. The van der Waals surface area contributed by atoms with Gasteiger partial charge in [-0.2, -0.15) is 30.0 Å². The molecule has 0 saturated carbocycles. The molecule has 11 heteroatoms. The number of alkyl halides is 3. The highest BCUT2D eigenvalue weighted by molar-refractivity contribution is 7.93. The third-order valence-corrected chi connectivity index (χ3v) is 6.88. The smallest absolute Gasteiger partial charge is 0.276 e. The molecule has 0 aliphatic carbocycles. The van der Waals surface area contributed by atoms with Crippen LogP contribution in [0, 0.1) is 0 Å². The van der Waals surface area contributed by atoms with E-state index < -0.39 is 31.3 Å². The predicted molar refractivity (Wildman–Crippen MR) is 110 cm³/mol. The van der Waals surface area contributed by atoms with Crippen molar-refractivity contribution in [1.82, 2.24) is 0 Å². The van der Waals surface area contributed by atoms with Gasteiger partial charge in [-0.1, -0.05) is 64.7 Å². The Labute approximate surface area is 177 Å². The zero-order valence-electron chi connectivity index (χ0n) is 17.1. The van der Waals surface area contributed by atoms with E-state index in [2.05, 4.69) is 6.92 Å². The standard InChI is InChI=1S/C19H30F3NO5S2/c1-2-3-4-5-6-7-8-9-10-11-16-28-29(24,25)18-14-12-17(13-15-18)23-30(26,27)19(20,21)22/h12-15,23H,2-11,16H2,1H3. The molecule has 0 aliphatic heterocycles. The summed E-state index contributed by atoms with van der Waals surface area (Å²) in [5.41, 5.74) is -5.86. The number of halogens is 3. The number of unbranched alkanes of at least 4 members (excludes halogenated alkanes) is 9. The summed E-state index contributed by atoms with van der Waals surface area (Å²) in [4.78, 5) is -0.260. The zero-order valence-corrected chi connectivity index (χ0v) is 18.7. The van der Waals surface area contributed by atoms with Crippen molar-refractivity contribution in [1.29, 1.82) is 0 Å². The van der Waals surface area contributed by atoms with Crippen molar-refractivity contribution in [3.8, 4) is 0 Å². The molecular weight excluding hydrogens is 443 g/mol. The lowest BCUT2D eigenvalue weighted by atomic mass is 10.1. The molecule has 0 heterocycles. The van der Waals surface area contributed by atoms with E-state index >= 15 is 0 Å². The molecule has 1 aromatic rings. The van der Waals surface area contributed by atoms with Crippen molar-refractivity contribution in [3.63, 3.8) is 0 Å². The van der Waals surface area contributed by atoms with Crippen molar-refractivity contribution < 1.29 is 34.2 Å². The maximum absolute atomic E-state index is 12.4. The number of anilines is 1. The highest BCUT2D eigenvalue weighted by Gasteiger charge is 2.46. The summed E-state index contributed by atoms with van der Waals surface area (Å²) in [6.07, 6.45) is 11.0. The SMILES string of the molecule is CCCCCCCCCCCCOS(=O)(=O)c1ccc(NS(=O)(=O)C(F)(F)F)cc1. The Morgan fingerprint density at radius 3 is 1.73 bits per heavy atom. The van der Waals surface area contributed by atoms with Crippen molar-refractivity contribution in [2.75, 3.05) is 11.3 Å². The van der Waals surface area contributed by atoms with Crippen LogP contribution in [0.5, 0.6) is 0 Å². The first-order valence-corrected chi connectivity index (χ1v) is 13.0. The van der Waals surface area contributed by atoms with E-state index in [0.717, 1.165) is 43.5 Å². The fraction of sp³-hybridized carbons (Fsp3) is 0.684. The quantitative estimate of drug-likeness (QED) is 0.266. The van der Waals surface area contributed by atoms with Crippen LogP contribution in [-0.4, -0.2) is 29.0 Å². The molecule has 1 rings (SSSR count). The van der Waals surface area contributed by atoms with E-state index in [-0.39, 0.29) is 11.5 Å². The van der Waals surface area contributed by atoms with Crippen LogP contribution in [0.15, 0.2) is 29.2 Å². The van der Waals surface area contributed by atoms with E-state index in [1.54, 1.807) is 0 Å². The Balaban J connectivity index is 2.34. The Morgan fingerprint density at radius 1 is 0.800 bits per heavy atom. The van der Waals surface area contributed by atoms with Gasteiger partial charge in [-0.25, -0.2) is 0 Å². The molecule has 0 fully saturated rings. The zero-order chi connectivity index (χ0) is 22.7. The number of benzene rings is 1. The average molecular weight is 474 g/mol. The fourth-order valence-electron chi connectivity index (χ4n) is 2.73. The van der Waals surface area contributed by atoms with Gasteiger partial charge in [0.15, 0.2) is 0 Å². The highest BCUT2D eigenvalue weighted by Crippen LogP contribution is 2.26. The molecule has 0 radical (unpaired) electrons. The van der Waals surface area contributed by atoms with Gasteiger partial charge in [0.2, 0.25) is 0 Å². The van der Waals surface area contributed by atoms with Gasteiger partial charge in [-0.3, -0.25) is 8.91 Å². The molecule has 1 aromatic carbocycles. The lowest BCUT2D eigenvalue weighted by molar-refractivity contribution is -0.0429. The van der Waals surface area contributed by atoms with E-state index in [1.807, 2.05) is 0 Å². The Morgan fingerprint density at radius 2 is 1.27 bits per heavy atom. The lowest BCUT2D eigenvalue weighted by Gasteiger charge is -2.11. The molecule has 174 valence electrons. The summed E-state index contributed by atoms with van der Waals surface area (Å²) < 4.78 is 89.7. The van der Waals surface area contributed by atoms with E-state index in [1.165, 1.54) is 43.2 Å². The van der Waals surface area contributed by atoms with Crippen molar-refractivity contribution in [2.24, 2.45) is 0 Å². The summed E-state index contributed by atoms with van der Waals surface area (Å²) in [6, 6.07) is 3.84. The molecule has 0 amide bonds. The summed E-state index contributed by atoms with van der Waals surface area (Å²) in [7, 11) is -9.62. The molecule has 0 aromatic heterocycles. The molecular formula is C19H30F3NO5S2. The number of nitrogens with one attached hydrogen (secondary N) is 1. The largest absolute Gasteiger partial charge is 0.516 e. The van der Waals surface area contributed by atoms with E-state index in [0.29, 0.717) is 6.42 Å². The van der Waals surface area contributed by atoms with Crippen LogP contribution in [0.1, 0.15) is 71.1 Å². The molecule has 0 atom stereocenters. The molecule has 6 nitrogen and oxygen atoms in total. The normalized spacial score (nSPS) is 12.8. The number of hydrogen-bond acceptors (Lipinski definition) is 5. The first-order valence-electron chi connectivity index (χ1n) is 10.1. The number of rotatable bonds is 15. The van der Waals surface area contributed by atoms with Gasteiger partial charge in [0.25, 0.3) is 10.1 Å². The van der Waals surface area contributed by atoms with Crippen molar-refractivity contribution in [2.45, 2.75) is 81.5 Å². The Hall–Kier alpha value is -1.33. The maximum Gasteiger partial charge on any atom is 0.516 e. The van der Waals surface area contributed by atoms with Gasteiger partial charge in [0.05, 0.1) is 11.5 Å². The number of sulfonamides is 1. The maximum atomic E-state index is 12.4. The minimum atomic E-state index is -5.56. The highest BCUT2D eigenvalue weighted by atomic mass is 32.2. The van der Waals surface area contributed by atoms with Gasteiger partial charge < -0.3 is 0 Å². The second-order valence-electron chi connectivity index (χ2n) is 7.03. The van der Waals surface area contributed by atoms with Crippen LogP contribution >= 0.6 is 0 Å². The summed E-state index contributed by atoms with van der Waals surface area (Å²) in [6.45, 7) is 2.20. The molecule has 0 bridgehead atoms. The van der Waals surface area contributed by atoms with Gasteiger partial charge in [-0.05, 0) is 30.7 Å². The third kappa shape index (κ3) is 9.65. The van der Waals surface area contributed by atoms with Crippen molar-refractivity contribution >= 4 is 25.8 Å². The molecule has 0 saturated heterocycles. The molecule has 0 spiro atoms. The molecule has 30 heavy (non-hydrogen) atoms. The van der Waals surface area contributed by atoms with Crippen LogP contribution in [0.25, 0.3) is 0 Å². The van der Waals surface area contributed by atoms with Gasteiger partial charge >= 0.3 is 15.5 Å². The summed E-state index contributed by atoms with van der Waals surface area (Å²) >= 11 is 0. The second-order valence-corrected chi connectivity index (χ2v) is 10.3. The molecule has 1 N–H and O–H groups in total. The first kappa shape index (κ1) is 26.7. The van der Waals surface area contributed by atoms with Crippen LogP contribution in [0.2, 0.25) is 0 Å². The Kier molecular flexibility index (Phi) is 11.1. The van der Waals surface area contributed by atoms with E-state index in [9.17, 15) is 30.0 Å². The molecule has 0 unspecified atom stereocenters. The third-order valence-electron chi connectivity index (χ3n) is 4.44. The summed E-state index contributed by atoms with van der Waals surface area (Å²) in [5, 5.41) is 0. The monoisotopic (exact) mass is 473 g/mol. The van der Waals surface area contributed by atoms with Crippen molar-refractivity contribution in [3.05, 3.63) is 24.3 Å². The fourth-order valence-corrected chi connectivity index (χ4v) is 4.23. The molecule has 0 aliphatic rings. The van der Waals surface area contributed by atoms with Crippen LogP contribution in [0.4, 0.5) is 18.9 Å². The topological polar surface area (TPSA) is 89.5 Å². The summed E-state index contributed by atoms with van der Waals surface area (Å²) in [5.74, 6) is 0. The predicted octanol–water partition coefficient (Wildman–Crippen LogP) is 5.57. The van der Waals surface area contributed by atoms with Gasteiger partial charge in [0.1, 0.15) is 0 Å². The second kappa shape index (κ2) is 12.5.